The molecule has 1 aliphatic heterocycles. The molecule has 4 rings (SSSR count). The van der Waals surface area contributed by atoms with Gasteiger partial charge in [0.2, 0.25) is 0 Å². The van der Waals surface area contributed by atoms with Crippen LogP contribution < -0.4 is 14.8 Å². The largest absolute Gasteiger partial charge is 0.497 e. The molecule has 0 unspecified atom stereocenters. The minimum atomic E-state index is -0.392. The lowest BCUT2D eigenvalue weighted by Crippen LogP contribution is -2.52. The Labute approximate surface area is 217 Å². The normalized spacial score (nSPS) is 15.2. The minimum absolute atomic E-state index is 0.122. The van der Waals surface area contributed by atoms with Crippen molar-refractivity contribution in [3.63, 3.8) is 0 Å². The van der Waals surface area contributed by atoms with Gasteiger partial charge in [-0.15, -0.1) is 0 Å². The van der Waals surface area contributed by atoms with E-state index in [-0.39, 0.29) is 12.1 Å². The molecule has 9 nitrogen and oxygen atoms in total. The molecule has 9 heteroatoms. The van der Waals surface area contributed by atoms with Crippen molar-refractivity contribution in [2.75, 3.05) is 40.4 Å². The fourth-order valence-corrected chi connectivity index (χ4v) is 4.74. The van der Waals surface area contributed by atoms with Crippen LogP contribution in [0.1, 0.15) is 28.8 Å². The van der Waals surface area contributed by atoms with E-state index in [1.54, 1.807) is 20.3 Å². The van der Waals surface area contributed by atoms with Crippen LogP contribution in [0.5, 0.6) is 11.5 Å². The van der Waals surface area contributed by atoms with E-state index in [1.165, 1.54) is 0 Å². The zero-order valence-electron chi connectivity index (χ0n) is 21.2. The molecule has 1 N–H and O–H groups in total. The third-order valence-electron chi connectivity index (χ3n) is 6.68. The smallest absolute Gasteiger partial charge is 0.317 e. The number of nitrogens with zero attached hydrogens (tertiary/aromatic N) is 5. The first kappa shape index (κ1) is 25.9. The van der Waals surface area contributed by atoms with E-state index in [0.29, 0.717) is 44.2 Å². The number of ether oxygens (including phenoxy) is 2. The summed E-state index contributed by atoms with van der Waals surface area (Å²) in [7, 11) is 3.20. The van der Waals surface area contributed by atoms with Crippen molar-refractivity contribution in [1.29, 1.82) is 0 Å². The molecule has 2 atom stereocenters. The highest BCUT2D eigenvalue weighted by Crippen LogP contribution is 2.37. The number of hydrogen-bond acceptors (Lipinski definition) is 5. The number of nitrogens with one attached hydrogen (secondary N) is 1. The lowest BCUT2D eigenvalue weighted by atomic mass is 9.92. The molecular weight excluding hydrogens is 468 g/mol. The highest BCUT2D eigenvalue weighted by atomic mass is 16.5. The highest BCUT2D eigenvalue weighted by molar-refractivity contribution is 5.74. The Balaban J connectivity index is 1.45. The molecule has 2 amide bonds. The first-order valence-corrected chi connectivity index (χ1v) is 12.3. The molecule has 0 saturated carbocycles. The molecule has 3 aromatic carbocycles. The molecule has 0 bridgehead atoms. The summed E-state index contributed by atoms with van der Waals surface area (Å²) in [4.78, 5) is 20.3. The number of hydrogen-bond donors (Lipinski definition) is 1. The fraction of sp³-hybridized carbons (Fsp3) is 0.321. The SMILES string of the molecule is COc1ccc(CNC(=O)N2CCN([C@H](c3ccccc3)[C@@H](N=[N+]=[N-])c3ccccc3)CC2)c(OC)c1. The van der Waals surface area contributed by atoms with Crippen LogP contribution in [0.3, 0.4) is 0 Å². The molecule has 1 heterocycles. The van der Waals surface area contributed by atoms with E-state index < -0.39 is 6.04 Å². The van der Waals surface area contributed by atoms with E-state index in [9.17, 15) is 10.3 Å². The first-order valence-electron chi connectivity index (χ1n) is 12.3. The van der Waals surface area contributed by atoms with Gasteiger partial charge in [-0.1, -0.05) is 65.8 Å². The van der Waals surface area contributed by atoms with Gasteiger partial charge in [-0.3, -0.25) is 4.90 Å². The molecular formula is C28H32N6O3. The van der Waals surface area contributed by atoms with Crippen LogP contribution in [-0.2, 0) is 6.54 Å². The number of amides is 2. The van der Waals surface area contributed by atoms with E-state index in [2.05, 4.69) is 32.4 Å². The first-order chi connectivity index (χ1) is 18.1. The molecule has 1 fully saturated rings. The lowest BCUT2D eigenvalue weighted by molar-refractivity contribution is 0.0961. The van der Waals surface area contributed by atoms with Crippen molar-refractivity contribution < 1.29 is 14.3 Å². The summed E-state index contributed by atoms with van der Waals surface area (Å²) < 4.78 is 10.7. The van der Waals surface area contributed by atoms with Gasteiger partial charge in [-0.25, -0.2) is 4.79 Å². The summed E-state index contributed by atoms with van der Waals surface area (Å²) >= 11 is 0. The lowest BCUT2D eigenvalue weighted by Gasteiger charge is -2.41. The number of methoxy groups -OCH3 is 2. The summed E-state index contributed by atoms with van der Waals surface area (Å²) in [5, 5.41) is 7.22. The van der Waals surface area contributed by atoms with Crippen LogP contribution in [0.4, 0.5) is 4.79 Å². The van der Waals surface area contributed by atoms with Gasteiger partial charge < -0.3 is 19.7 Å². The van der Waals surface area contributed by atoms with Gasteiger partial charge >= 0.3 is 6.03 Å². The van der Waals surface area contributed by atoms with Crippen molar-refractivity contribution in [3.05, 3.63) is 106 Å². The van der Waals surface area contributed by atoms with Crippen LogP contribution in [-0.4, -0.2) is 56.2 Å². The summed E-state index contributed by atoms with van der Waals surface area (Å²) in [5.41, 5.74) is 12.3. The van der Waals surface area contributed by atoms with Crippen LogP contribution >= 0.6 is 0 Å². The van der Waals surface area contributed by atoms with Crippen molar-refractivity contribution in [2.45, 2.75) is 18.6 Å². The number of benzene rings is 3. The quantitative estimate of drug-likeness (QED) is 0.244. The molecule has 1 aliphatic rings. The molecule has 37 heavy (non-hydrogen) atoms. The van der Waals surface area contributed by atoms with Crippen LogP contribution in [0.15, 0.2) is 84.0 Å². The maximum absolute atomic E-state index is 13.0. The van der Waals surface area contributed by atoms with Gasteiger partial charge in [0, 0.05) is 55.3 Å². The second-order valence-electron chi connectivity index (χ2n) is 8.78. The zero-order valence-corrected chi connectivity index (χ0v) is 21.2. The minimum Gasteiger partial charge on any atom is -0.497 e. The topological polar surface area (TPSA) is 103 Å². The summed E-state index contributed by atoms with van der Waals surface area (Å²) in [6, 6.07) is 24.8. The second kappa shape index (κ2) is 12.7. The molecule has 3 aromatic rings. The van der Waals surface area contributed by atoms with Gasteiger partial charge in [-0.2, -0.15) is 0 Å². The van der Waals surface area contributed by atoms with Gasteiger partial charge in [-0.05, 0) is 28.8 Å². The number of piperazine rings is 1. The average Bonchev–Trinajstić information content (AvgIpc) is 2.97. The maximum atomic E-state index is 13.0. The standard InChI is InChI=1S/C28H32N6O3/c1-36-24-14-13-23(25(19-24)37-2)20-30-28(35)34-17-15-33(16-18-34)27(22-11-7-4-8-12-22)26(31-32-29)21-9-5-3-6-10-21/h3-14,19,26-27H,15-18,20H2,1-2H3,(H,30,35)/t26-,27+/m0/s1. The third-order valence-corrected chi connectivity index (χ3v) is 6.68. The highest BCUT2D eigenvalue weighted by Gasteiger charge is 2.33. The van der Waals surface area contributed by atoms with Gasteiger partial charge in [0.05, 0.1) is 20.3 Å². The Hall–Kier alpha value is -4.20. The average molecular weight is 501 g/mol. The summed E-state index contributed by atoms with van der Waals surface area (Å²) in [6.45, 7) is 2.79. The predicted octanol–water partition coefficient (Wildman–Crippen LogP) is 5.32. The number of carbonyl (C=O) groups excluding carboxylic acids is 1. The predicted molar refractivity (Wildman–Crippen MR) is 142 cm³/mol. The zero-order chi connectivity index (χ0) is 26.0. The fourth-order valence-electron chi connectivity index (χ4n) is 4.74. The number of urea groups is 1. The van der Waals surface area contributed by atoms with E-state index in [4.69, 9.17) is 9.47 Å². The summed E-state index contributed by atoms with van der Waals surface area (Å²) in [6.07, 6.45) is 0. The monoisotopic (exact) mass is 500 g/mol. The van der Waals surface area contributed by atoms with Crippen LogP contribution in [0.25, 0.3) is 10.4 Å². The van der Waals surface area contributed by atoms with Crippen molar-refractivity contribution in [1.82, 2.24) is 15.1 Å². The molecule has 0 aromatic heterocycles. The van der Waals surface area contributed by atoms with Crippen molar-refractivity contribution >= 4 is 6.03 Å². The molecule has 0 aliphatic carbocycles. The third kappa shape index (κ3) is 6.33. The Bertz CT molecular complexity index is 1210. The number of carbonyl (C=O) groups is 1. The van der Waals surface area contributed by atoms with E-state index in [0.717, 1.165) is 16.7 Å². The van der Waals surface area contributed by atoms with Crippen molar-refractivity contribution in [2.24, 2.45) is 5.11 Å². The molecule has 0 radical (unpaired) electrons. The van der Waals surface area contributed by atoms with Gasteiger partial charge in [0.25, 0.3) is 0 Å². The van der Waals surface area contributed by atoms with E-state index in [1.807, 2.05) is 65.6 Å². The maximum Gasteiger partial charge on any atom is 0.317 e. The number of azide groups is 1. The Kier molecular flexibility index (Phi) is 8.86. The summed E-state index contributed by atoms with van der Waals surface area (Å²) in [5.74, 6) is 1.37. The molecule has 192 valence electrons. The van der Waals surface area contributed by atoms with Crippen LogP contribution in [0, 0.1) is 0 Å². The Morgan fingerprint density at radius 1 is 0.946 bits per heavy atom. The molecule has 0 spiro atoms. The van der Waals surface area contributed by atoms with Crippen LogP contribution in [0.2, 0.25) is 0 Å². The Morgan fingerprint density at radius 3 is 2.19 bits per heavy atom. The second-order valence-corrected chi connectivity index (χ2v) is 8.78. The van der Waals surface area contributed by atoms with Gasteiger partial charge in [0.15, 0.2) is 0 Å². The van der Waals surface area contributed by atoms with Gasteiger partial charge in [0.1, 0.15) is 11.5 Å². The van der Waals surface area contributed by atoms with Crippen molar-refractivity contribution in [3.8, 4) is 11.5 Å². The van der Waals surface area contributed by atoms with E-state index >= 15 is 0 Å². The Morgan fingerprint density at radius 2 is 1.59 bits per heavy atom. The number of rotatable bonds is 9. The molecule has 1 saturated heterocycles.